The maximum atomic E-state index is 14.4. The quantitative estimate of drug-likeness (QED) is 0.234. The highest BCUT2D eigenvalue weighted by Crippen LogP contribution is 2.48. The maximum Gasteiger partial charge on any atom is 0.341 e. The molecule has 0 bridgehead atoms. The lowest BCUT2D eigenvalue weighted by atomic mass is 9.80. The normalized spacial score (nSPS) is 20.4. The van der Waals surface area contributed by atoms with Gasteiger partial charge in [0.2, 0.25) is 0 Å². The van der Waals surface area contributed by atoms with Gasteiger partial charge in [-0.25, -0.2) is 14.5 Å². The number of benzene rings is 3. The number of carbonyl (C=O) groups is 3. The smallest absolute Gasteiger partial charge is 0.341 e. The first-order chi connectivity index (χ1) is 19.7. The zero-order chi connectivity index (χ0) is 29.1. The third-order valence-corrected chi connectivity index (χ3v) is 8.13. The number of nitriles is 1. The van der Waals surface area contributed by atoms with Crippen molar-refractivity contribution in [2.45, 2.75) is 11.5 Å². The molecule has 3 amide bonds. The van der Waals surface area contributed by atoms with Crippen molar-refractivity contribution < 1.29 is 23.5 Å². The summed E-state index contributed by atoms with van der Waals surface area (Å²) in [6, 6.07) is 18.1. The van der Waals surface area contributed by atoms with E-state index in [-0.39, 0.29) is 46.0 Å². The fraction of sp³-hybridized carbons (Fsp3) is 0.207. The first kappa shape index (κ1) is 26.6. The summed E-state index contributed by atoms with van der Waals surface area (Å²) < 4.78 is 11.0. The predicted molar refractivity (Wildman–Crippen MR) is 151 cm³/mol. The summed E-state index contributed by atoms with van der Waals surface area (Å²) in [7, 11) is 2.86. The molecule has 0 saturated carbocycles. The van der Waals surface area contributed by atoms with Crippen LogP contribution in [0.3, 0.4) is 0 Å². The van der Waals surface area contributed by atoms with E-state index in [1.807, 2.05) is 0 Å². The van der Waals surface area contributed by atoms with E-state index in [2.05, 4.69) is 11.1 Å². The third-order valence-electron chi connectivity index (χ3n) is 7.69. The van der Waals surface area contributed by atoms with Crippen LogP contribution < -0.4 is 9.80 Å². The number of fused-ring (bicyclic) bond motifs is 1. The first-order valence-corrected chi connectivity index (χ1v) is 13.2. The van der Waals surface area contributed by atoms with Crippen LogP contribution in [-0.2, 0) is 9.53 Å². The van der Waals surface area contributed by atoms with Crippen LogP contribution in [0.1, 0.15) is 27.4 Å². The molecule has 4 aromatic rings. The minimum Gasteiger partial charge on any atom is -0.465 e. The van der Waals surface area contributed by atoms with Crippen molar-refractivity contribution in [2.75, 3.05) is 37.0 Å². The van der Waals surface area contributed by atoms with Crippen LogP contribution >= 0.6 is 23.2 Å². The van der Waals surface area contributed by atoms with Gasteiger partial charge in [-0.15, -0.1) is 0 Å². The van der Waals surface area contributed by atoms with Crippen LogP contribution in [0, 0.1) is 11.3 Å². The molecular formula is C29H21Cl2N5O5. The van der Waals surface area contributed by atoms with Gasteiger partial charge in [0.15, 0.2) is 5.58 Å². The Bertz CT molecular complexity index is 1760. The van der Waals surface area contributed by atoms with Gasteiger partial charge in [0.05, 0.1) is 31.0 Å². The van der Waals surface area contributed by atoms with Crippen molar-refractivity contribution in [1.82, 2.24) is 9.88 Å². The zero-order valence-electron chi connectivity index (χ0n) is 21.8. The van der Waals surface area contributed by atoms with Gasteiger partial charge in [-0.1, -0.05) is 41.4 Å². The van der Waals surface area contributed by atoms with Gasteiger partial charge in [0.25, 0.3) is 11.9 Å². The van der Waals surface area contributed by atoms with E-state index in [9.17, 15) is 19.6 Å². The van der Waals surface area contributed by atoms with Crippen molar-refractivity contribution in [2.24, 2.45) is 0 Å². The zero-order valence-corrected chi connectivity index (χ0v) is 23.3. The number of hydrogen-bond donors (Lipinski definition) is 0. The summed E-state index contributed by atoms with van der Waals surface area (Å²) in [5.74, 6) is -1.57. The van der Waals surface area contributed by atoms with Crippen LogP contribution in [0.2, 0.25) is 10.0 Å². The Morgan fingerprint density at radius 3 is 2.49 bits per heavy atom. The summed E-state index contributed by atoms with van der Waals surface area (Å²) >= 11 is 12.4. The second kappa shape index (κ2) is 9.80. The summed E-state index contributed by atoms with van der Waals surface area (Å²) in [5, 5.41) is 9.87. The lowest BCUT2D eigenvalue weighted by Crippen LogP contribution is -2.53. The number of rotatable bonds is 4. The van der Waals surface area contributed by atoms with Crippen LogP contribution in [0.5, 0.6) is 0 Å². The van der Waals surface area contributed by atoms with E-state index >= 15 is 0 Å². The summed E-state index contributed by atoms with van der Waals surface area (Å²) in [5.41, 5.74) is 1.00. The Hall–Kier alpha value is -4.59. The molecule has 0 unspecified atom stereocenters. The van der Waals surface area contributed by atoms with E-state index in [0.717, 1.165) is 10.5 Å². The molecule has 3 heterocycles. The van der Waals surface area contributed by atoms with Gasteiger partial charge < -0.3 is 19.0 Å². The van der Waals surface area contributed by atoms with Crippen molar-refractivity contribution in [1.29, 1.82) is 5.26 Å². The fourth-order valence-electron chi connectivity index (χ4n) is 5.69. The van der Waals surface area contributed by atoms with Gasteiger partial charge in [-0.3, -0.25) is 4.79 Å². The molecule has 3 aromatic carbocycles. The minimum absolute atomic E-state index is 0.0456. The molecule has 10 nitrogen and oxygen atoms in total. The Labute approximate surface area is 244 Å². The summed E-state index contributed by atoms with van der Waals surface area (Å²) in [6.07, 6.45) is 0. The number of methoxy groups -OCH3 is 1. The number of aromatic nitrogens is 1. The largest absolute Gasteiger partial charge is 0.465 e. The number of esters is 1. The number of para-hydroxylation sites is 1. The monoisotopic (exact) mass is 589 g/mol. The molecule has 2 aliphatic heterocycles. The lowest BCUT2D eigenvalue weighted by Gasteiger charge is -2.33. The molecule has 1 aromatic heterocycles. The first-order valence-electron chi connectivity index (χ1n) is 12.5. The van der Waals surface area contributed by atoms with Crippen LogP contribution in [0.25, 0.3) is 11.1 Å². The standard InChI is InChI=1S/C29H21Cl2N5O5/c1-34-28(39)36(20-11-18(30)10-19(31)12-20)26(38)29(34)15-35(14-22(29)17-8-6-16(13-32)7-9-17)27-33-23-5-3-4-21(24(23)41-27)25(37)40-2/h3-12,22H,14-15H2,1-2H3/t22-,29+/m0/s1. The Kier molecular flexibility index (Phi) is 6.36. The van der Waals surface area contributed by atoms with Gasteiger partial charge in [-0.05, 0) is 48.0 Å². The fourth-order valence-corrected chi connectivity index (χ4v) is 6.21. The SMILES string of the molecule is COC(=O)c1cccc2nc(N3C[C@@H](c4ccc(C#N)cc4)[C@]4(C3)C(=O)N(c3cc(Cl)cc(Cl)c3)C(=O)N4C)oc12. The number of nitrogens with zero attached hydrogens (tertiary/aromatic N) is 5. The van der Waals surface area contributed by atoms with Crippen molar-refractivity contribution in [3.63, 3.8) is 0 Å². The average molecular weight is 590 g/mol. The van der Waals surface area contributed by atoms with E-state index in [0.29, 0.717) is 11.1 Å². The molecule has 2 fully saturated rings. The number of amides is 3. The molecule has 0 radical (unpaired) electrons. The Morgan fingerprint density at radius 2 is 1.83 bits per heavy atom. The topological polar surface area (TPSA) is 120 Å². The maximum absolute atomic E-state index is 14.4. The Morgan fingerprint density at radius 1 is 1.12 bits per heavy atom. The highest BCUT2D eigenvalue weighted by molar-refractivity contribution is 6.36. The number of hydrogen-bond acceptors (Lipinski definition) is 8. The Balaban J connectivity index is 1.48. The number of anilines is 2. The summed E-state index contributed by atoms with van der Waals surface area (Å²) in [4.78, 5) is 49.3. The van der Waals surface area contributed by atoms with Crippen LogP contribution in [-0.4, -0.2) is 60.6 Å². The van der Waals surface area contributed by atoms with Crippen molar-refractivity contribution in [3.8, 4) is 6.07 Å². The van der Waals surface area contributed by atoms with E-state index in [1.54, 1.807) is 54.4 Å². The number of oxazole rings is 1. The molecule has 2 atom stereocenters. The average Bonchev–Trinajstić information content (AvgIpc) is 3.63. The molecule has 2 saturated heterocycles. The number of carbonyl (C=O) groups excluding carboxylic acids is 3. The van der Waals surface area contributed by atoms with Crippen molar-refractivity contribution >= 4 is 63.9 Å². The van der Waals surface area contributed by atoms with E-state index in [4.69, 9.17) is 32.4 Å². The second-order valence-electron chi connectivity index (χ2n) is 9.84. The number of ether oxygens (including phenoxy) is 1. The van der Waals surface area contributed by atoms with Gasteiger partial charge >= 0.3 is 12.0 Å². The number of urea groups is 1. The highest BCUT2D eigenvalue weighted by atomic mass is 35.5. The molecule has 12 heteroatoms. The molecule has 1 spiro atoms. The number of likely N-dealkylation sites (N-methyl/N-ethyl adjacent to an activating group) is 1. The molecule has 6 rings (SSSR count). The second-order valence-corrected chi connectivity index (χ2v) is 10.7. The molecule has 0 aliphatic carbocycles. The van der Waals surface area contributed by atoms with Crippen LogP contribution in [0.4, 0.5) is 16.5 Å². The molecule has 2 aliphatic rings. The number of imide groups is 1. The molecule has 0 N–H and O–H groups in total. The lowest BCUT2D eigenvalue weighted by molar-refractivity contribution is -0.124. The molecule has 206 valence electrons. The minimum atomic E-state index is -1.37. The predicted octanol–water partition coefficient (Wildman–Crippen LogP) is 5.23. The molecular weight excluding hydrogens is 569 g/mol. The van der Waals surface area contributed by atoms with Gasteiger partial charge in [-0.2, -0.15) is 10.2 Å². The van der Waals surface area contributed by atoms with Gasteiger partial charge in [0.1, 0.15) is 16.6 Å². The number of halogens is 2. The highest BCUT2D eigenvalue weighted by Gasteiger charge is 2.65. The van der Waals surface area contributed by atoms with Crippen LogP contribution in [0.15, 0.2) is 65.1 Å². The van der Waals surface area contributed by atoms with Crippen molar-refractivity contribution in [3.05, 3.63) is 87.4 Å². The van der Waals surface area contributed by atoms with E-state index < -0.39 is 29.4 Å². The summed E-state index contributed by atoms with van der Waals surface area (Å²) in [6.45, 7) is 0.295. The van der Waals surface area contributed by atoms with Gasteiger partial charge in [0, 0.05) is 29.6 Å². The molecule has 41 heavy (non-hydrogen) atoms. The third kappa shape index (κ3) is 4.08. The van der Waals surface area contributed by atoms with E-state index in [1.165, 1.54) is 30.2 Å².